The van der Waals surface area contributed by atoms with Crippen molar-refractivity contribution in [3.05, 3.63) is 48.0 Å². The Hall–Kier alpha value is -1.87. The van der Waals surface area contributed by atoms with Crippen molar-refractivity contribution in [2.45, 2.75) is 32.7 Å². The highest BCUT2D eigenvalue weighted by molar-refractivity contribution is 5.85. The van der Waals surface area contributed by atoms with Gasteiger partial charge in [0, 0.05) is 19.1 Å². The number of carbonyl (C=O) groups is 1. The van der Waals surface area contributed by atoms with Gasteiger partial charge in [-0.2, -0.15) is 0 Å². The normalized spacial score (nSPS) is 21.0. The molecular weight excluding hydrogens is 272 g/mol. The number of likely N-dealkylation sites (tertiary alicyclic amines) is 1. The number of carbonyl (C=O) groups excluding carboxylic acids is 1. The summed E-state index contributed by atoms with van der Waals surface area (Å²) in [5.41, 5.74) is 7.23. The van der Waals surface area contributed by atoms with Crippen molar-refractivity contribution in [1.82, 2.24) is 4.90 Å². The number of hydrogen-bond donors (Lipinski definition) is 1. The topological polar surface area (TPSA) is 46.3 Å². The van der Waals surface area contributed by atoms with Gasteiger partial charge in [0.15, 0.2) is 0 Å². The second kappa shape index (κ2) is 5.73. The average Bonchev–Trinajstić information content (AvgIpc) is 2.49. The lowest BCUT2D eigenvalue weighted by atomic mass is 9.79. The molecule has 1 unspecified atom stereocenters. The average molecular weight is 296 g/mol. The van der Waals surface area contributed by atoms with E-state index in [0.717, 1.165) is 25.1 Å². The van der Waals surface area contributed by atoms with Gasteiger partial charge in [0.25, 0.3) is 0 Å². The Balaban J connectivity index is 1.73. The third-order valence-corrected chi connectivity index (χ3v) is 4.83. The quantitative estimate of drug-likeness (QED) is 0.926. The van der Waals surface area contributed by atoms with Crippen LogP contribution in [-0.2, 0) is 11.2 Å². The van der Waals surface area contributed by atoms with Gasteiger partial charge in [0.1, 0.15) is 0 Å². The zero-order valence-corrected chi connectivity index (χ0v) is 13.4. The molecule has 1 heterocycles. The molecule has 3 heteroatoms. The lowest BCUT2D eigenvalue weighted by Crippen LogP contribution is -2.54. The van der Waals surface area contributed by atoms with Crippen molar-refractivity contribution in [2.75, 3.05) is 13.1 Å². The highest BCUT2D eigenvalue weighted by atomic mass is 16.2. The Labute approximate surface area is 132 Å². The first-order chi connectivity index (χ1) is 10.5. The van der Waals surface area contributed by atoms with Gasteiger partial charge in [0.2, 0.25) is 5.91 Å². The van der Waals surface area contributed by atoms with Crippen molar-refractivity contribution in [3.8, 4) is 0 Å². The summed E-state index contributed by atoms with van der Waals surface area (Å²) in [7, 11) is 0. The van der Waals surface area contributed by atoms with Crippen LogP contribution in [0.5, 0.6) is 0 Å². The molecular formula is C19H24N2O. The number of fused-ring (bicyclic) bond motifs is 1. The predicted octanol–water partition coefficient (Wildman–Crippen LogP) is 2.97. The maximum Gasteiger partial charge on any atom is 0.227 e. The van der Waals surface area contributed by atoms with Crippen LogP contribution in [0, 0.1) is 5.41 Å². The van der Waals surface area contributed by atoms with Crippen molar-refractivity contribution in [1.29, 1.82) is 0 Å². The molecule has 1 saturated heterocycles. The predicted molar refractivity (Wildman–Crippen MR) is 90.6 cm³/mol. The highest BCUT2D eigenvalue weighted by Crippen LogP contribution is 2.28. The van der Waals surface area contributed by atoms with Gasteiger partial charge in [-0.25, -0.2) is 0 Å². The minimum absolute atomic E-state index is 0.00268. The molecule has 0 radical (unpaired) electrons. The Bertz CT molecular complexity index is 693. The van der Waals surface area contributed by atoms with Gasteiger partial charge in [-0.1, -0.05) is 56.3 Å². The molecule has 1 aliphatic heterocycles. The van der Waals surface area contributed by atoms with Crippen LogP contribution < -0.4 is 5.73 Å². The fourth-order valence-corrected chi connectivity index (χ4v) is 3.22. The third kappa shape index (κ3) is 3.00. The maximum atomic E-state index is 12.6. The summed E-state index contributed by atoms with van der Waals surface area (Å²) < 4.78 is 0. The zero-order valence-electron chi connectivity index (χ0n) is 13.4. The molecule has 0 aliphatic carbocycles. The second-order valence-electron chi connectivity index (χ2n) is 7.06. The summed E-state index contributed by atoms with van der Waals surface area (Å²) >= 11 is 0. The summed E-state index contributed by atoms with van der Waals surface area (Å²) in [4.78, 5) is 14.6. The lowest BCUT2D eigenvalue weighted by Gasteiger charge is -2.42. The highest BCUT2D eigenvalue weighted by Gasteiger charge is 2.35. The van der Waals surface area contributed by atoms with Gasteiger partial charge < -0.3 is 10.6 Å². The largest absolute Gasteiger partial charge is 0.342 e. The van der Waals surface area contributed by atoms with Gasteiger partial charge >= 0.3 is 0 Å². The van der Waals surface area contributed by atoms with Crippen LogP contribution in [-0.4, -0.2) is 29.9 Å². The molecule has 2 N–H and O–H groups in total. The van der Waals surface area contributed by atoms with Gasteiger partial charge in [-0.3, -0.25) is 4.79 Å². The summed E-state index contributed by atoms with van der Waals surface area (Å²) in [5.74, 6) is 0.204. The van der Waals surface area contributed by atoms with Crippen LogP contribution in [0.2, 0.25) is 0 Å². The van der Waals surface area contributed by atoms with E-state index in [0.29, 0.717) is 6.42 Å². The maximum absolute atomic E-state index is 12.6. The van der Waals surface area contributed by atoms with Gasteiger partial charge in [-0.05, 0) is 28.2 Å². The molecule has 0 aromatic heterocycles. The lowest BCUT2D eigenvalue weighted by molar-refractivity contribution is -0.133. The van der Waals surface area contributed by atoms with E-state index >= 15 is 0 Å². The second-order valence-corrected chi connectivity index (χ2v) is 7.06. The molecule has 1 amide bonds. The van der Waals surface area contributed by atoms with E-state index in [4.69, 9.17) is 5.73 Å². The van der Waals surface area contributed by atoms with Crippen LogP contribution in [0.25, 0.3) is 10.8 Å². The molecule has 116 valence electrons. The Morgan fingerprint density at radius 1 is 1.23 bits per heavy atom. The van der Waals surface area contributed by atoms with Crippen molar-refractivity contribution in [3.63, 3.8) is 0 Å². The zero-order chi connectivity index (χ0) is 15.7. The van der Waals surface area contributed by atoms with Crippen molar-refractivity contribution < 1.29 is 4.79 Å². The van der Waals surface area contributed by atoms with E-state index < -0.39 is 0 Å². The summed E-state index contributed by atoms with van der Waals surface area (Å²) in [6.07, 6.45) is 1.35. The molecule has 1 fully saturated rings. The molecule has 0 spiro atoms. The number of rotatable bonds is 2. The molecule has 3 rings (SSSR count). The van der Waals surface area contributed by atoms with Crippen molar-refractivity contribution in [2.24, 2.45) is 11.1 Å². The first-order valence-electron chi connectivity index (χ1n) is 7.97. The fraction of sp³-hybridized carbons (Fsp3) is 0.421. The Morgan fingerprint density at radius 3 is 2.68 bits per heavy atom. The Kier molecular flexibility index (Phi) is 3.92. The number of benzene rings is 2. The summed E-state index contributed by atoms with van der Waals surface area (Å²) in [6.45, 7) is 5.82. The smallest absolute Gasteiger partial charge is 0.227 e. The van der Waals surface area contributed by atoms with Crippen LogP contribution in [0.4, 0.5) is 0 Å². The summed E-state index contributed by atoms with van der Waals surface area (Å²) in [6, 6.07) is 14.7. The molecule has 2 aromatic rings. The minimum Gasteiger partial charge on any atom is -0.342 e. The van der Waals surface area contributed by atoms with E-state index in [1.54, 1.807) is 0 Å². The molecule has 3 nitrogen and oxygen atoms in total. The molecule has 2 aromatic carbocycles. The summed E-state index contributed by atoms with van der Waals surface area (Å²) in [5, 5.41) is 2.40. The van der Waals surface area contributed by atoms with Gasteiger partial charge in [0.05, 0.1) is 6.42 Å². The molecule has 1 atom stereocenters. The molecule has 22 heavy (non-hydrogen) atoms. The Morgan fingerprint density at radius 2 is 1.95 bits per heavy atom. The molecule has 0 saturated carbocycles. The number of piperidine rings is 1. The number of hydrogen-bond acceptors (Lipinski definition) is 2. The number of nitrogens with zero attached hydrogens (tertiary/aromatic N) is 1. The van der Waals surface area contributed by atoms with Crippen LogP contribution >= 0.6 is 0 Å². The number of nitrogens with two attached hydrogens (primary N) is 1. The SMILES string of the molecule is CC1(C)CN(C(=O)Cc2ccc3ccccc3c2)CCC1N. The van der Waals surface area contributed by atoms with Crippen molar-refractivity contribution >= 4 is 16.7 Å². The molecule has 1 aliphatic rings. The third-order valence-electron chi connectivity index (χ3n) is 4.83. The minimum atomic E-state index is -0.00268. The van der Waals surface area contributed by atoms with Crippen LogP contribution in [0.3, 0.4) is 0 Å². The van der Waals surface area contributed by atoms with E-state index in [-0.39, 0.29) is 17.4 Å². The van der Waals surface area contributed by atoms with Crippen LogP contribution in [0.1, 0.15) is 25.8 Å². The van der Waals surface area contributed by atoms with E-state index in [1.165, 1.54) is 10.8 Å². The molecule has 0 bridgehead atoms. The first kappa shape index (κ1) is 15.0. The fourth-order valence-electron chi connectivity index (χ4n) is 3.22. The standard InChI is InChI=1S/C19H24N2O/c1-19(2)13-21(10-9-17(19)20)18(22)12-14-7-8-15-5-3-4-6-16(15)11-14/h3-8,11,17H,9-10,12-13,20H2,1-2H3. The van der Waals surface area contributed by atoms with E-state index in [2.05, 4.69) is 44.2 Å². The first-order valence-corrected chi connectivity index (χ1v) is 7.97. The van der Waals surface area contributed by atoms with Crippen LogP contribution in [0.15, 0.2) is 42.5 Å². The monoisotopic (exact) mass is 296 g/mol. The van der Waals surface area contributed by atoms with E-state index in [1.807, 2.05) is 17.0 Å². The van der Waals surface area contributed by atoms with E-state index in [9.17, 15) is 4.79 Å². The number of amides is 1. The van der Waals surface area contributed by atoms with Gasteiger partial charge in [-0.15, -0.1) is 0 Å².